The maximum atomic E-state index is 13.8. The third-order valence-corrected chi connectivity index (χ3v) is 9.55. The summed E-state index contributed by atoms with van der Waals surface area (Å²) in [5, 5.41) is 12.6. The largest absolute Gasteiger partial charge is 0.430 e. The first-order valence-electron chi connectivity index (χ1n) is 13.2. The van der Waals surface area contributed by atoms with Gasteiger partial charge in [0.2, 0.25) is 11.8 Å². The molecule has 0 aliphatic carbocycles. The van der Waals surface area contributed by atoms with E-state index in [4.69, 9.17) is 0 Å². The number of piperidine rings is 1. The molecule has 43 heavy (non-hydrogen) atoms. The second-order valence-electron chi connectivity index (χ2n) is 10.6. The Morgan fingerprint density at radius 3 is 2.07 bits per heavy atom. The van der Waals surface area contributed by atoms with Crippen molar-refractivity contribution in [3.63, 3.8) is 0 Å². The molecule has 16 heteroatoms. The molecule has 8 nitrogen and oxygen atoms in total. The van der Waals surface area contributed by atoms with Gasteiger partial charge in [0, 0.05) is 38.0 Å². The van der Waals surface area contributed by atoms with E-state index in [-0.39, 0.29) is 55.6 Å². The number of fused-ring (bicyclic) bond motifs is 1. The second kappa shape index (κ2) is 11.6. The highest BCUT2D eigenvalue weighted by Crippen LogP contribution is 2.51. The number of carbonyl (C=O) groups excluding carboxylic acids is 2. The highest BCUT2D eigenvalue weighted by atomic mass is 32.2. The number of likely N-dealkylation sites (tertiary alicyclic amines) is 1. The number of amides is 2. The van der Waals surface area contributed by atoms with E-state index in [1.165, 1.54) is 11.8 Å². The monoisotopic (exact) mass is 639 g/mol. The summed E-state index contributed by atoms with van der Waals surface area (Å²) in [5.41, 5.74) is -7.25. The van der Waals surface area contributed by atoms with Crippen LogP contribution in [0.25, 0.3) is 0 Å². The number of aryl methyl sites for hydroxylation is 1. The molecule has 1 unspecified atom stereocenters. The van der Waals surface area contributed by atoms with Crippen molar-refractivity contribution in [2.45, 2.75) is 74.0 Å². The summed E-state index contributed by atoms with van der Waals surface area (Å²) in [5.74, 6) is -1.41. The quantitative estimate of drug-likeness (QED) is 0.462. The van der Waals surface area contributed by atoms with Crippen molar-refractivity contribution in [1.82, 2.24) is 10.2 Å². The van der Waals surface area contributed by atoms with Crippen LogP contribution in [0.4, 0.5) is 36.4 Å². The number of nitrogens with one attached hydrogen (secondary N) is 1. The van der Waals surface area contributed by atoms with Crippen LogP contribution in [0.3, 0.4) is 0 Å². The molecule has 0 radical (unpaired) electrons. The molecule has 2 heterocycles. The van der Waals surface area contributed by atoms with E-state index < -0.39 is 56.2 Å². The van der Waals surface area contributed by atoms with Gasteiger partial charge in [0.15, 0.2) is 0 Å². The Morgan fingerprint density at radius 2 is 1.53 bits per heavy atom. The fraction of sp³-hybridized carbons (Fsp3) is 0.481. The highest BCUT2D eigenvalue weighted by Gasteiger charge is 2.71. The van der Waals surface area contributed by atoms with Crippen LogP contribution in [-0.4, -0.2) is 67.8 Å². The van der Waals surface area contributed by atoms with Crippen molar-refractivity contribution in [2.75, 3.05) is 17.4 Å². The van der Waals surface area contributed by atoms with Crippen molar-refractivity contribution in [3.8, 4) is 0 Å². The third kappa shape index (κ3) is 6.30. The van der Waals surface area contributed by atoms with E-state index in [9.17, 15) is 53.8 Å². The van der Waals surface area contributed by atoms with E-state index in [0.29, 0.717) is 25.0 Å². The maximum absolute atomic E-state index is 13.8. The van der Waals surface area contributed by atoms with Crippen molar-refractivity contribution in [3.05, 3.63) is 59.4 Å². The van der Waals surface area contributed by atoms with Gasteiger partial charge in [-0.3, -0.25) is 13.9 Å². The van der Waals surface area contributed by atoms with Crippen molar-refractivity contribution in [1.29, 1.82) is 0 Å². The lowest BCUT2D eigenvalue weighted by Gasteiger charge is -2.40. The zero-order chi connectivity index (χ0) is 32.0. The van der Waals surface area contributed by atoms with Crippen LogP contribution in [0, 0.1) is 5.82 Å². The number of anilines is 1. The van der Waals surface area contributed by atoms with E-state index in [0.717, 1.165) is 34.6 Å². The summed E-state index contributed by atoms with van der Waals surface area (Å²) < 4.78 is 123. The van der Waals surface area contributed by atoms with Crippen LogP contribution in [0.15, 0.2) is 47.4 Å². The minimum atomic E-state index is -6.14. The molecule has 1 fully saturated rings. The molecule has 4 rings (SSSR count). The zero-order valence-electron chi connectivity index (χ0n) is 22.7. The average molecular weight is 640 g/mol. The van der Waals surface area contributed by atoms with E-state index in [1.54, 1.807) is 0 Å². The lowest BCUT2D eigenvalue weighted by Crippen LogP contribution is -2.54. The number of nitrogens with zero attached hydrogens (tertiary/aromatic N) is 2. The Balaban J connectivity index is 1.71. The van der Waals surface area contributed by atoms with Gasteiger partial charge in [-0.05, 0) is 61.6 Å². The molecule has 0 saturated carbocycles. The Kier molecular flexibility index (Phi) is 8.77. The number of halogens is 7. The molecule has 2 amide bonds. The van der Waals surface area contributed by atoms with Crippen LogP contribution < -0.4 is 9.62 Å². The topological polar surface area (TPSA) is 107 Å². The van der Waals surface area contributed by atoms with Gasteiger partial charge in [-0.1, -0.05) is 12.1 Å². The van der Waals surface area contributed by atoms with Crippen LogP contribution in [0.2, 0.25) is 0 Å². The summed E-state index contributed by atoms with van der Waals surface area (Å²) in [6.07, 6.45) is -12.1. The second-order valence-corrected chi connectivity index (χ2v) is 12.4. The van der Waals surface area contributed by atoms with Crippen LogP contribution >= 0.6 is 0 Å². The SMILES string of the molecule is CC(=O)NC1CCN(C(=O)CC2CCc3cc(C(O)(C(F)(F)F)C(F)(F)F)ccc3N2S(=O)(=O)c2ccc(F)cc2)CC1. The first kappa shape index (κ1) is 32.5. The molecule has 2 aliphatic rings. The van der Waals surface area contributed by atoms with Gasteiger partial charge in [-0.15, -0.1) is 0 Å². The van der Waals surface area contributed by atoms with Gasteiger partial charge < -0.3 is 15.3 Å². The molecular weight excluding hydrogens is 611 g/mol. The summed E-state index contributed by atoms with van der Waals surface area (Å²) in [6.45, 7) is 1.91. The third-order valence-electron chi connectivity index (χ3n) is 7.67. The number of benzene rings is 2. The van der Waals surface area contributed by atoms with Crippen molar-refractivity contribution in [2.24, 2.45) is 0 Å². The summed E-state index contributed by atoms with van der Waals surface area (Å²) in [4.78, 5) is 25.7. The smallest absolute Gasteiger partial charge is 0.369 e. The molecule has 236 valence electrons. The number of sulfonamides is 1. The van der Waals surface area contributed by atoms with Crippen LogP contribution in [-0.2, 0) is 31.6 Å². The molecule has 2 aliphatic heterocycles. The lowest BCUT2D eigenvalue weighted by molar-refractivity contribution is -0.376. The highest BCUT2D eigenvalue weighted by molar-refractivity contribution is 7.92. The molecular formula is C27H28F7N3O5S. The minimum absolute atomic E-state index is 0.139. The predicted molar refractivity (Wildman–Crippen MR) is 139 cm³/mol. The predicted octanol–water partition coefficient (Wildman–Crippen LogP) is 4.17. The molecule has 1 atom stereocenters. The molecule has 2 aromatic carbocycles. The van der Waals surface area contributed by atoms with Gasteiger partial charge in [0.1, 0.15) is 5.82 Å². The first-order valence-corrected chi connectivity index (χ1v) is 14.6. The molecule has 0 spiro atoms. The number of hydrogen-bond donors (Lipinski definition) is 2. The maximum Gasteiger partial charge on any atom is 0.430 e. The van der Waals surface area contributed by atoms with Crippen molar-refractivity contribution < 1.29 is 53.8 Å². The number of alkyl halides is 6. The van der Waals surface area contributed by atoms with Gasteiger partial charge in [-0.25, -0.2) is 12.8 Å². The van der Waals surface area contributed by atoms with Crippen molar-refractivity contribution >= 4 is 27.5 Å². The number of rotatable bonds is 6. The summed E-state index contributed by atoms with van der Waals surface area (Å²) in [6, 6.07) is 3.97. The molecule has 1 saturated heterocycles. The normalized spacial score (nSPS) is 18.8. The number of carbonyl (C=O) groups is 2. The van der Waals surface area contributed by atoms with E-state index >= 15 is 0 Å². The van der Waals surface area contributed by atoms with Gasteiger partial charge in [-0.2, -0.15) is 26.3 Å². The Bertz CT molecular complexity index is 1460. The Morgan fingerprint density at radius 1 is 0.953 bits per heavy atom. The van der Waals surface area contributed by atoms with Gasteiger partial charge in [0.25, 0.3) is 15.6 Å². The Labute approximate surface area is 242 Å². The fourth-order valence-electron chi connectivity index (χ4n) is 5.47. The minimum Gasteiger partial charge on any atom is -0.369 e. The van der Waals surface area contributed by atoms with Gasteiger partial charge in [0.05, 0.1) is 16.6 Å². The summed E-state index contributed by atoms with van der Waals surface area (Å²) in [7, 11) is -4.60. The molecule has 0 aromatic heterocycles. The van der Waals surface area contributed by atoms with Crippen LogP contribution in [0.1, 0.15) is 43.7 Å². The molecule has 2 aromatic rings. The lowest BCUT2D eigenvalue weighted by atomic mass is 9.87. The number of aliphatic hydroxyl groups is 1. The molecule has 2 N–H and O–H groups in total. The standard InChI is InChI=1S/C27H28F7N3O5S/c1-16(38)35-20-10-12-36(13-11-20)24(39)15-21-6-2-17-14-18(25(40,26(29,30)31)27(32,33)34)3-9-23(17)37(21)43(41,42)22-7-4-19(28)5-8-22/h3-5,7-9,14,20-21,40H,2,6,10-13,15H2,1H3,(H,35,38). The van der Waals surface area contributed by atoms with Crippen LogP contribution in [0.5, 0.6) is 0 Å². The number of hydrogen-bond acceptors (Lipinski definition) is 5. The first-order chi connectivity index (χ1) is 19.9. The van der Waals surface area contributed by atoms with Gasteiger partial charge >= 0.3 is 12.4 Å². The average Bonchev–Trinajstić information content (AvgIpc) is 2.91. The zero-order valence-corrected chi connectivity index (χ0v) is 23.5. The molecule has 0 bridgehead atoms. The summed E-state index contributed by atoms with van der Waals surface area (Å²) >= 11 is 0. The fourth-order valence-corrected chi connectivity index (χ4v) is 7.19. The van der Waals surface area contributed by atoms with E-state index in [2.05, 4.69) is 5.32 Å². The van der Waals surface area contributed by atoms with E-state index in [1.807, 2.05) is 0 Å². The Hall–Kier alpha value is -3.40.